The molecule has 2 rings (SSSR count). The molecule has 2 aromatic rings. The molecule has 1 amide bonds. The lowest BCUT2D eigenvalue weighted by Gasteiger charge is -2.10. The summed E-state index contributed by atoms with van der Waals surface area (Å²) in [5.74, 6) is 2.48. The molecule has 2 aromatic carbocycles. The lowest BCUT2D eigenvalue weighted by molar-refractivity contribution is -0.122. The quantitative estimate of drug-likeness (QED) is 0.621. The van der Waals surface area contributed by atoms with E-state index in [1.807, 2.05) is 37.7 Å². The van der Waals surface area contributed by atoms with Crippen LogP contribution in [0, 0.1) is 20.8 Å². The van der Waals surface area contributed by atoms with Crippen molar-refractivity contribution in [3.05, 3.63) is 63.1 Å². The van der Waals surface area contributed by atoms with E-state index in [9.17, 15) is 4.79 Å². The molecule has 134 valence electrons. The molecule has 0 aromatic heterocycles. The van der Waals surface area contributed by atoms with Gasteiger partial charge in [0.05, 0.1) is 0 Å². The molecule has 0 saturated heterocycles. The third-order valence-electron chi connectivity index (χ3n) is 3.74. The summed E-state index contributed by atoms with van der Waals surface area (Å²) in [7, 11) is 0. The number of halogens is 1. The first-order chi connectivity index (χ1) is 12.0. The first-order valence-electron chi connectivity index (χ1n) is 8.25. The minimum Gasteiger partial charge on any atom is -0.484 e. The molecule has 0 atom stereocenters. The molecule has 0 fully saturated rings. The number of thioether (sulfide) groups is 1. The predicted octanol–water partition coefficient (Wildman–Crippen LogP) is 4.80. The van der Waals surface area contributed by atoms with Crippen LogP contribution in [0.25, 0.3) is 0 Å². The summed E-state index contributed by atoms with van der Waals surface area (Å²) in [5.41, 5.74) is 4.79. The monoisotopic (exact) mass is 421 g/mol. The van der Waals surface area contributed by atoms with E-state index in [0.29, 0.717) is 6.54 Å². The molecule has 0 heterocycles. The van der Waals surface area contributed by atoms with E-state index in [0.717, 1.165) is 32.9 Å². The van der Waals surface area contributed by atoms with E-state index in [4.69, 9.17) is 4.74 Å². The minimum atomic E-state index is -0.0887. The van der Waals surface area contributed by atoms with Gasteiger partial charge in [0.2, 0.25) is 0 Å². The summed E-state index contributed by atoms with van der Waals surface area (Å²) >= 11 is 5.34. The molecule has 0 bridgehead atoms. The van der Waals surface area contributed by atoms with Gasteiger partial charge in [-0.2, -0.15) is 11.8 Å². The van der Waals surface area contributed by atoms with Crippen LogP contribution < -0.4 is 10.1 Å². The highest BCUT2D eigenvalue weighted by molar-refractivity contribution is 9.10. The van der Waals surface area contributed by atoms with Gasteiger partial charge in [-0.25, -0.2) is 0 Å². The Labute approximate surface area is 162 Å². The Balaban J connectivity index is 1.63. The average Bonchev–Trinajstić information content (AvgIpc) is 2.59. The van der Waals surface area contributed by atoms with Crippen molar-refractivity contribution in [2.24, 2.45) is 0 Å². The number of rotatable bonds is 8. The Morgan fingerprint density at radius 2 is 1.76 bits per heavy atom. The zero-order valence-corrected chi connectivity index (χ0v) is 17.3. The third-order valence-corrected chi connectivity index (χ3v) is 6.02. The third kappa shape index (κ3) is 6.75. The van der Waals surface area contributed by atoms with Crippen molar-refractivity contribution in [2.75, 3.05) is 18.9 Å². The lowest BCUT2D eigenvalue weighted by atomic mass is 10.1. The molecule has 0 radical (unpaired) electrons. The van der Waals surface area contributed by atoms with E-state index in [-0.39, 0.29) is 12.5 Å². The Morgan fingerprint density at radius 1 is 1.12 bits per heavy atom. The summed E-state index contributed by atoms with van der Waals surface area (Å²) in [4.78, 5) is 11.9. The summed E-state index contributed by atoms with van der Waals surface area (Å²) in [6.07, 6.45) is 0. The highest BCUT2D eigenvalue weighted by Crippen LogP contribution is 2.26. The van der Waals surface area contributed by atoms with Gasteiger partial charge in [-0.15, -0.1) is 0 Å². The van der Waals surface area contributed by atoms with Gasteiger partial charge in [-0.05, 0) is 49.6 Å². The fraction of sp³-hybridized carbons (Fsp3) is 0.350. The van der Waals surface area contributed by atoms with Gasteiger partial charge in [0.15, 0.2) is 6.61 Å². The molecule has 0 aliphatic carbocycles. The highest BCUT2D eigenvalue weighted by Gasteiger charge is 2.06. The van der Waals surface area contributed by atoms with Gasteiger partial charge >= 0.3 is 0 Å². The number of nitrogens with one attached hydrogen (secondary N) is 1. The van der Waals surface area contributed by atoms with Gasteiger partial charge in [0, 0.05) is 22.5 Å². The molecule has 0 aliphatic heterocycles. The molecule has 1 N–H and O–H groups in total. The summed E-state index contributed by atoms with van der Waals surface area (Å²) < 4.78 is 6.66. The van der Waals surface area contributed by atoms with Gasteiger partial charge in [-0.3, -0.25) is 4.79 Å². The van der Waals surface area contributed by atoms with Crippen molar-refractivity contribution in [1.82, 2.24) is 5.32 Å². The maximum absolute atomic E-state index is 11.9. The standard InChI is InChI=1S/C20H24BrNO2S/c1-14-4-6-17(7-5-14)13-25-9-8-22-19(23)12-24-18-10-15(2)20(21)16(3)11-18/h4-7,10-11H,8-9,12-13H2,1-3H3,(H,22,23). The molecule has 0 aliphatic rings. The number of benzene rings is 2. The second-order valence-electron chi connectivity index (χ2n) is 6.05. The van der Waals surface area contributed by atoms with Crippen molar-refractivity contribution < 1.29 is 9.53 Å². The molecule has 5 heteroatoms. The zero-order chi connectivity index (χ0) is 18.2. The summed E-state index contributed by atoms with van der Waals surface area (Å²) in [5, 5.41) is 2.89. The summed E-state index contributed by atoms with van der Waals surface area (Å²) in [6.45, 7) is 6.80. The van der Waals surface area contributed by atoms with Crippen LogP contribution in [-0.2, 0) is 10.5 Å². The van der Waals surface area contributed by atoms with Crippen LogP contribution in [0.2, 0.25) is 0 Å². The normalized spacial score (nSPS) is 10.6. The van der Waals surface area contributed by atoms with Crippen LogP contribution in [0.5, 0.6) is 5.75 Å². The molecule has 0 spiro atoms. The van der Waals surface area contributed by atoms with Crippen LogP contribution in [0.4, 0.5) is 0 Å². The first-order valence-corrected chi connectivity index (χ1v) is 10.2. The van der Waals surface area contributed by atoms with Gasteiger partial charge in [0.25, 0.3) is 5.91 Å². The van der Waals surface area contributed by atoms with Crippen molar-refractivity contribution in [2.45, 2.75) is 26.5 Å². The lowest BCUT2D eigenvalue weighted by Crippen LogP contribution is -2.30. The Morgan fingerprint density at radius 3 is 2.40 bits per heavy atom. The number of carbonyl (C=O) groups excluding carboxylic acids is 1. The van der Waals surface area contributed by atoms with Crippen molar-refractivity contribution in [1.29, 1.82) is 0 Å². The Kier molecular flexibility index (Phi) is 7.85. The molecule has 25 heavy (non-hydrogen) atoms. The van der Waals surface area contributed by atoms with Gasteiger partial charge < -0.3 is 10.1 Å². The maximum Gasteiger partial charge on any atom is 0.257 e. The largest absolute Gasteiger partial charge is 0.484 e. The smallest absolute Gasteiger partial charge is 0.257 e. The number of hydrogen-bond acceptors (Lipinski definition) is 3. The zero-order valence-electron chi connectivity index (χ0n) is 14.9. The Bertz CT molecular complexity index is 693. The summed E-state index contributed by atoms with van der Waals surface area (Å²) in [6, 6.07) is 12.4. The van der Waals surface area contributed by atoms with E-state index in [1.54, 1.807) is 0 Å². The number of ether oxygens (including phenoxy) is 1. The number of hydrogen-bond donors (Lipinski definition) is 1. The molecule has 3 nitrogen and oxygen atoms in total. The number of aryl methyl sites for hydroxylation is 3. The van der Waals surface area contributed by atoms with Crippen LogP contribution in [0.3, 0.4) is 0 Å². The maximum atomic E-state index is 11.9. The average molecular weight is 422 g/mol. The van der Waals surface area contributed by atoms with Crippen molar-refractivity contribution in [3.8, 4) is 5.75 Å². The second-order valence-corrected chi connectivity index (χ2v) is 7.95. The Hall–Kier alpha value is -1.46. The predicted molar refractivity (Wildman–Crippen MR) is 109 cm³/mol. The molecular formula is C20H24BrNO2S. The van der Waals surface area contributed by atoms with Gasteiger partial charge in [-0.1, -0.05) is 45.8 Å². The van der Waals surface area contributed by atoms with E-state index >= 15 is 0 Å². The van der Waals surface area contributed by atoms with E-state index < -0.39 is 0 Å². The first kappa shape index (κ1) is 19.9. The minimum absolute atomic E-state index is 0.0448. The second kappa shape index (κ2) is 9.88. The van der Waals surface area contributed by atoms with Gasteiger partial charge in [0.1, 0.15) is 5.75 Å². The number of carbonyl (C=O) groups is 1. The molecular weight excluding hydrogens is 398 g/mol. The number of amides is 1. The van der Waals surface area contributed by atoms with Crippen LogP contribution in [0.1, 0.15) is 22.3 Å². The molecule has 0 unspecified atom stereocenters. The van der Waals surface area contributed by atoms with Crippen molar-refractivity contribution in [3.63, 3.8) is 0 Å². The molecule has 0 saturated carbocycles. The van der Waals surface area contributed by atoms with E-state index in [2.05, 4.69) is 52.4 Å². The fourth-order valence-electron chi connectivity index (χ4n) is 2.33. The van der Waals surface area contributed by atoms with Crippen LogP contribution in [-0.4, -0.2) is 24.8 Å². The van der Waals surface area contributed by atoms with Crippen molar-refractivity contribution >= 4 is 33.6 Å². The van der Waals surface area contributed by atoms with Crippen LogP contribution in [0.15, 0.2) is 40.9 Å². The fourth-order valence-corrected chi connectivity index (χ4v) is 3.37. The topological polar surface area (TPSA) is 38.3 Å². The SMILES string of the molecule is Cc1ccc(CSCCNC(=O)COc2cc(C)c(Br)c(C)c2)cc1. The highest BCUT2D eigenvalue weighted by atomic mass is 79.9. The van der Waals surface area contributed by atoms with Crippen LogP contribution >= 0.6 is 27.7 Å². The van der Waals surface area contributed by atoms with E-state index in [1.165, 1.54) is 11.1 Å².